The second kappa shape index (κ2) is 8.14. The second-order valence-corrected chi connectivity index (χ2v) is 6.82. The van der Waals surface area contributed by atoms with E-state index in [2.05, 4.69) is 23.1 Å². The van der Waals surface area contributed by atoms with Crippen LogP contribution in [-0.4, -0.2) is 13.1 Å². The van der Waals surface area contributed by atoms with E-state index in [1.54, 1.807) is 5.01 Å². The van der Waals surface area contributed by atoms with Gasteiger partial charge in [-0.3, -0.25) is 5.01 Å². The minimum atomic E-state index is 0.794. The van der Waals surface area contributed by atoms with Crippen LogP contribution >= 0.6 is 0 Å². The molecule has 0 saturated carbocycles. The molecule has 3 aromatic rings. The standard InChI is InChI=1S/C23H25N3O/c24-26(23-12-6-5-11-22(23)25-17-7-2-8-18-25)19-13-15-21(16-14-19)27-20-9-3-1-4-10-20/h1,3-6,9-16H,2,7-8,17-18,24H2. The lowest BCUT2D eigenvalue weighted by Gasteiger charge is -2.32. The quantitative estimate of drug-likeness (QED) is 0.484. The van der Waals surface area contributed by atoms with Gasteiger partial charge in [0.15, 0.2) is 0 Å². The Morgan fingerprint density at radius 2 is 1.33 bits per heavy atom. The van der Waals surface area contributed by atoms with Crippen molar-refractivity contribution in [3.63, 3.8) is 0 Å². The number of nitrogens with two attached hydrogens (primary N) is 1. The number of benzene rings is 3. The number of hydrogen-bond acceptors (Lipinski definition) is 4. The number of hydrogen-bond donors (Lipinski definition) is 1. The molecule has 0 atom stereocenters. The summed E-state index contributed by atoms with van der Waals surface area (Å²) in [5.41, 5.74) is 3.15. The lowest BCUT2D eigenvalue weighted by atomic mass is 10.1. The first-order valence-electron chi connectivity index (χ1n) is 9.53. The molecule has 1 aliphatic rings. The molecule has 1 fully saturated rings. The first kappa shape index (κ1) is 17.4. The third-order valence-electron chi connectivity index (χ3n) is 4.93. The van der Waals surface area contributed by atoms with Gasteiger partial charge in [-0.25, -0.2) is 5.84 Å². The van der Waals surface area contributed by atoms with E-state index in [4.69, 9.17) is 10.6 Å². The topological polar surface area (TPSA) is 41.7 Å². The summed E-state index contributed by atoms with van der Waals surface area (Å²) < 4.78 is 5.87. The lowest BCUT2D eigenvalue weighted by molar-refractivity contribution is 0.483. The van der Waals surface area contributed by atoms with Gasteiger partial charge in [0.05, 0.1) is 17.1 Å². The molecule has 138 valence electrons. The molecule has 4 rings (SSSR count). The Morgan fingerprint density at radius 1 is 0.704 bits per heavy atom. The number of anilines is 3. The highest BCUT2D eigenvalue weighted by Crippen LogP contribution is 2.34. The van der Waals surface area contributed by atoms with Gasteiger partial charge in [0, 0.05) is 13.1 Å². The zero-order valence-electron chi connectivity index (χ0n) is 15.4. The van der Waals surface area contributed by atoms with E-state index >= 15 is 0 Å². The monoisotopic (exact) mass is 359 g/mol. The summed E-state index contributed by atoms with van der Waals surface area (Å²) in [4.78, 5) is 2.44. The Bertz CT molecular complexity index is 858. The van der Waals surface area contributed by atoms with Gasteiger partial charge in [-0.05, 0) is 67.8 Å². The van der Waals surface area contributed by atoms with Crippen molar-refractivity contribution in [1.82, 2.24) is 0 Å². The minimum absolute atomic E-state index is 0.794. The molecular formula is C23H25N3O. The molecule has 0 radical (unpaired) electrons. The number of para-hydroxylation sites is 3. The van der Waals surface area contributed by atoms with Gasteiger partial charge in [0.1, 0.15) is 11.5 Å². The molecular weight excluding hydrogens is 334 g/mol. The van der Waals surface area contributed by atoms with E-state index in [1.807, 2.05) is 60.7 Å². The molecule has 1 heterocycles. The third-order valence-corrected chi connectivity index (χ3v) is 4.93. The number of rotatable bonds is 5. The van der Waals surface area contributed by atoms with Crippen LogP contribution in [-0.2, 0) is 0 Å². The number of piperidine rings is 1. The van der Waals surface area contributed by atoms with Crippen LogP contribution in [0.2, 0.25) is 0 Å². The number of hydrazine groups is 1. The molecule has 0 amide bonds. The van der Waals surface area contributed by atoms with E-state index in [0.29, 0.717) is 0 Å². The Kier molecular flexibility index (Phi) is 5.26. The van der Waals surface area contributed by atoms with Gasteiger partial charge < -0.3 is 9.64 Å². The number of ether oxygens (including phenoxy) is 1. The maximum atomic E-state index is 6.49. The van der Waals surface area contributed by atoms with Crippen molar-refractivity contribution in [3.05, 3.63) is 78.9 Å². The Morgan fingerprint density at radius 3 is 2.07 bits per heavy atom. The summed E-state index contributed by atoms with van der Waals surface area (Å²) in [6, 6.07) is 26.0. The molecule has 4 nitrogen and oxygen atoms in total. The molecule has 4 heteroatoms. The molecule has 1 saturated heterocycles. The van der Waals surface area contributed by atoms with Crippen molar-refractivity contribution < 1.29 is 4.74 Å². The molecule has 1 aliphatic heterocycles. The molecule has 0 unspecified atom stereocenters. The molecule has 0 aromatic heterocycles. The van der Waals surface area contributed by atoms with Crippen LogP contribution in [0.5, 0.6) is 11.5 Å². The van der Waals surface area contributed by atoms with Gasteiger partial charge in [-0.15, -0.1) is 0 Å². The average molecular weight is 359 g/mol. The van der Waals surface area contributed by atoms with E-state index in [9.17, 15) is 0 Å². The molecule has 2 N–H and O–H groups in total. The van der Waals surface area contributed by atoms with Crippen LogP contribution in [0.15, 0.2) is 78.9 Å². The largest absolute Gasteiger partial charge is 0.457 e. The minimum Gasteiger partial charge on any atom is -0.457 e. The van der Waals surface area contributed by atoms with E-state index in [1.165, 1.54) is 24.9 Å². The third kappa shape index (κ3) is 4.07. The van der Waals surface area contributed by atoms with Crippen LogP contribution in [0.1, 0.15) is 19.3 Å². The fraction of sp³-hybridized carbons (Fsp3) is 0.217. The predicted molar refractivity (Wildman–Crippen MR) is 112 cm³/mol. The Balaban J connectivity index is 1.53. The summed E-state index contributed by atoms with van der Waals surface area (Å²) in [7, 11) is 0. The summed E-state index contributed by atoms with van der Waals surface area (Å²) in [6.07, 6.45) is 3.79. The Labute approximate surface area is 160 Å². The van der Waals surface area contributed by atoms with Crippen LogP contribution < -0.4 is 20.5 Å². The maximum Gasteiger partial charge on any atom is 0.127 e. The van der Waals surface area contributed by atoms with Crippen molar-refractivity contribution in [2.24, 2.45) is 5.84 Å². The van der Waals surface area contributed by atoms with Crippen LogP contribution in [0, 0.1) is 0 Å². The van der Waals surface area contributed by atoms with Crippen molar-refractivity contribution >= 4 is 17.1 Å². The molecule has 0 aliphatic carbocycles. The lowest BCUT2D eigenvalue weighted by Crippen LogP contribution is -2.33. The zero-order valence-corrected chi connectivity index (χ0v) is 15.4. The molecule has 3 aromatic carbocycles. The highest BCUT2D eigenvalue weighted by atomic mass is 16.5. The van der Waals surface area contributed by atoms with Crippen molar-refractivity contribution in [2.75, 3.05) is 23.0 Å². The average Bonchev–Trinajstić information content (AvgIpc) is 2.75. The van der Waals surface area contributed by atoms with Gasteiger partial charge in [0.2, 0.25) is 0 Å². The molecule has 0 bridgehead atoms. The summed E-state index contributed by atoms with van der Waals surface area (Å²) in [5, 5.41) is 1.76. The first-order chi connectivity index (χ1) is 13.3. The van der Waals surface area contributed by atoms with Crippen molar-refractivity contribution in [2.45, 2.75) is 19.3 Å². The van der Waals surface area contributed by atoms with E-state index in [-0.39, 0.29) is 0 Å². The van der Waals surface area contributed by atoms with Crippen molar-refractivity contribution in [3.8, 4) is 11.5 Å². The van der Waals surface area contributed by atoms with Crippen LogP contribution in [0.3, 0.4) is 0 Å². The highest BCUT2D eigenvalue weighted by molar-refractivity contribution is 5.76. The van der Waals surface area contributed by atoms with Gasteiger partial charge in [-0.1, -0.05) is 30.3 Å². The van der Waals surface area contributed by atoms with Crippen molar-refractivity contribution in [1.29, 1.82) is 0 Å². The zero-order chi connectivity index (χ0) is 18.5. The normalized spacial score (nSPS) is 14.0. The van der Waals surface area contributed by atoms with Gasteiger partial charge >= 0.3 is 0 Å². The van der Waals surface area contributed by atoms with Gasteiger partial charge in [0.25, 0.3) is 0 Å². The summed E-state index contributed by atoms with van der Waals surface area (Å²) in [5.74, 6) is 8.11. The summed E-state index contributed by atoms with van der Waals surface area (Å²) >= 11 is 0. The fourth-order valence-corrected chi connectivity index (χ4v) is 3.51. The van der Waals surface area contributed by atoms with E-state index < -0.39 is 0 Å². The maximum absolute atomic E-state index is 6.49. The Hall–Kier alpha value is -2.98. The van der Waals surface area contributed by atoms with Crippen LogP contribution in [0.4, 0.5) is 17.1 Å². The van der Waals surface area contributed by atoms with Gasteiger partial charge in [-0.2, -0.15) is 0 Å². The molecule has 0 spiro atoms. The fourth-order valence-electron chi connectivity index (χ4n) is 3.51. The second-order valence-electron chi connectivity index (χ2n) is 6.82. The smallest absolute Gasteiger partial charge is 0.127 e. The summed E-state index contributed by atoms with van der Waals surface area (Å²) in [6.45, 7) is 2.18. The highest BCUT2D eigenvalue weighted by Gasteiger charge is 2.17. The SMILES string of the molecule is NN(c1ccc(Oc2ccccc2)cc1)c1ccccc1N1CCCCC1. The predicted octanol–water partition coefficient (Wildman–Crippen LogP) is 5.48. The van der Waals surface area contributed by atoms with Crippen LogP contribution in [0.25, 0.3) is 0 Å². The molecule has 27 heavy (non-hydrogen) atoms. The number of nitrogens with zero attached hydrogens (tertiary/aromatic N) is 2. The van der Waals surface area contributed by atoms with E-state index in [0.717, 1.165) is 36.0 Å². The first-order valence-corrected chi connectivity index (χ1v) is 9.53.